The van der Waals surface area contributed by atoms with Gasteiger partial charge in [0.15, 0.2) is 10.6 Å². The molecule has 1 saturated heterocycles. The third-order valence-electron chi connectivity index (χ3n) is 6.09. The first-order chi connectivity index (χ1) is 16.3. The normalized spacial score (nSPS) is 15.0. The topological polar surface area (TPSA) is 42.1 Å². The molecule has 7 heteroatoms. The molecule has 168 valence electrons. The van der Waals surface area contributed by atoms with Crippen LogP contribution in [0.3, 0.4) is 0 Å². The summed E-state index contributed by atoms with van der Waals surface area (Å²) in [4.78, 5) is 9.11. The Labute approximate surface area is 199 Å². The molecule has 0 radical (unpaired) electrons. The van der Waals surface area contributed by atoms with Crippen LogP contribution in [-0.2, 0) is 19.8 Å². The lowest BCUT2D eigenvalue weighted by atomic mass is 10.2. The first kappa shape index (κ1) is 21.7. The van der Waals surface area contributed by atoms with E-state index < -0.39 is 0 Å². The minimum absolute atomic E-state index is 0.697. The van der Waals surface area contributed by atoms with Crippen LogP contribution in [0.5, 0.6) is 0 Å². The van der Waals surface area contributed by atoms with Crippen LogP contribution >= 0.6 is 12.2 Å². The van der Waals surface area contributed by atoms with Gasteiger partial charge in [0, 0.05) is 50.7 Å². The number of pyridine rings is 1. The molecule has 2 aromatic heterocycles. The highest BCUT2D eigenvalue weighted by molar-refractivity contribution is 7.71. The molecule has 5 rings (SSSR count). The highest BCUT2D eigenvalue weighted by Gasteiger charge is 2.20. The van der Waals surface area contributed by atoms with E-state index in [4.69, 9.17) is 17.3 Å². The number of aromatic nitrogens is 4. The van der Waals surface area contributed by atoms with Gasteiger partial charge in [-0.2, -0.15) is 5.10 Å². The van der Waals surface area contributed by atoms with E-state index in [0.29, 0.717) is 13.2 Å². The molecule has 33 heavy (non-hydrogen) atoms. The van der Waals surface area contributed by atoms with Crippen molar-refractivity contribution in [3.63, 3.8) is 0 Å². The summed E-state index contributed by atoms with van der Waals surface area (Å²) in [7, 11) is 0. The van der Waals surface area contributed by atoms with E-state index in [9.17, 15) is 0 Å². The fraction of sp³-hybridized carbons (Fsp3) is 0.269. The molecule has 3 heterocycles. The number of piperazine rings is 1. The second-order valence-electron chi connectivity index (χ2n) is 8.43. The Kier molecular flexibility index (Phi) is 6.71. The van der Waals surface area contributed by atoms with Gasteiger partial charge in [0.05, 0.1) is 13.2 Å². The second kappa shape index (κ2) is 10.2. The maximum Gasteiger partial charge on any atom is 0.199 e. The number of hydrogen-bond acceptors (Lipinski definition) is 5. The van der Waals surface area contributed by atoms with Gasteiger partial charge in [0.2, 0.25) is 0 Å². The highest BCUT2D eigenvalue weighted by Crippen LogP contribution is 2.20. The summed E-state index contributed by atoms with van der Waals surface area (Å²) in [6, 6.07) is 25.1. The monoisotopic (exact) mass is 456 g/mol. The van der Waals surface area contributed by atoms with Crippen molar-refractivity contribution in [1.82, 2.24) is 29.1 Å². The van der Waals surface area contributed by atoms with Crippen molar-refractivity contribution < 1.29 is 0 Å². The summed E-state index contributed by atoms with van der Waals surface area (Å²) >= 11 is 5.90. The average molecular weight is 457 g/mol. The van der Waals surface area contributed by atoms with Crippen molar-refractivity contribution >= 4 is 12.2 Å². The van der Waals surface area contributed by atoms with Crippen LogP contribution in [0.4, 0.5) is 0 Å². The molecule has 0 amide bonds. The predicted molar refractivity (Wildman–Crippen MR) is 133 cm³/mol. The maximum atomic E-state index is 5.90. The largest absolute Gasteiger partial charge is 0.297 e. The summed E-state index contributed by atoms with van der Waals surface area (Å²) in [5.74, 6) is 0.883. The summed E-state index contributed by atoms with van der Waals surface area (Å²) in [5, 5.41) is 4.95. The van der Waals surface area contributed by atoms with Gasteiger partial charge in [-0.1, -0.05) is 60.7 Å². The number of hydrogen-bond donors (Lipinski definition) is 0. The van der Waals surface area contributed by atoms with Gasteiger partial charge in [-0.25, -0.2) is 4.68 Å². The minimum atomic E-state index is 0.697. The third-order valence-corrected chi connectivity index (χ3v) is 6.52. The van der Waals surface area contributed by atoms with E-state index in [0.717, 1.165) is 48.9 Å². The smallest absolute Gasteiger partial charge is 0.199 e. The fourth-order valence-corrected chi connectivity index (χ4v) is 4.53. The van der Waals surface area contributed by atoms with E-state index in [1.54, 1.807) is 12.4 Å². The van der Waals surface area contributed by atoms with Gasteiger partial charge in [0.1, 0.15) is 0 Å². The van der Waals surface area contributed by atoms with Crippen LogP contribution in [0.15, 0.2) is 85.2 Å². The van der Waals surface area contributed by atoms with E-state index in [1.165, 1.54) is 11.1 Å². The fourth-order valence-electron chi connectivity index (χ4n) is 4.28. The predicted octanol–water partition coefficient (Wildman–Crippen LogP) is 4.30. The van der Waals surface area contributed by atoms with E-state index >= 15 is 0 Å². The maximum absolute atomic E-state index is 5.90. The SMILES string of the molecule is S=c1n(CN2CCN(Cc3ccccc3)CC2)nc(-c2ccncc2)n1Cc1ccccc1. The van der Waals surface area contributed by atoms with Crippen molar-refractivity contribution in [2.24, 2.45) is 0 Å². The average Bonchev–Trinajstić information content (AvgIpc) is 3.17. The van der Waals surface area contributed by atoms with Gasteiger partial charge in [-0.3, -0.25) is 19.4 Å². The molecule has 6 nitrogen and oxygen atoms in total. The first-order valence-corrected chi connectivity index (χ1v) is 11.8. The Hall–Kier alpha value is -3.13. The summed E-state index contributed by atoms with van der Waals surface area (Å²) in [5.41, 5.74) is 3.60. The third kappa shape index (κ3) is 5.27. The summed E-state index contributed by atoms with van der Waals surface area (Å²) in [6.45, 7) is 6.51. The lowest BCUT2D eigenvalue weighted by Gasteiger charge is -2.34. The zero-order chi connectivity index (χ0) is 22.5. The molecule has 1 aliphatic heterocycles. The van der Waals surface area contributed by atoms with Gasteiger partial charge in [-0.15, -0.1) is 0 Å². The zero-order valence-electron chi connectivity index (χ0n) is 18.6. The van der Waals surface area contributed by atoms with Crippen LogP contribution in [-0.4, -0.2) is 55.3 Å². The first-order valence-electron chi connectivity index (χ1n) is 11.4. The molecule has 0 unspecified atom stereocenters. The van der Waals surface area contributed by atoms with Crippen molar-refractivity contribution in [3.8, 4) is 11.4 Å². The summed E-state index contributed by atoms with van der Waals surface area (Å²) < 4.78 is 4.85. The molecule has 2 aromatic carbocycles. The van der Waals surface area contributed by atoms with Crippen molar-refractivity contribution in [2.45, 2.75) is 19.8 Å². The molecule has 0 spiro atoms. The highest BCUT2D eigenvalue weighted by atomic mass is 32.1. The van der Waals surface area contributed by atoms with Gasteiger partial charge in [-0.05, 0) is 35.5 Å². The molecule has 0 atom stereocenters. The van der Waals surface area contributed by atoms with E-state index in [1.807, 2.05) is 22.9 Å². The molecule has 0 bridgehead atoms. The number of rotatable bonds is 7. The molecule has 0 N–H and O–H groups in total. The Morgan fingerprint density at radius 1 is 0.697 bits per heavy atom. The van der Waals surface area contributed by atoms with Crippen LogP contribution in [0, 0.1) is 4.77 Å². The van der Waals surface area contributed by atoms with E-state index in [-0.39, 0.29) is 0 Å². The molecular weight excluding hydrogens is 428 g/mol. The number of nitrogens with zero attached hydrogens (tertiary/aromatic N) is 6. The van der Waals surface area contributed by atoms with Gasteiger partial charge in [0.25, 0.3) is 0 Å². The van der Waals surface area contributed by atoms with Crippen LogP contribution in [0.2, 0.25) is 0 Å². The standard InChI is InChI=1S/C26H28N6S/c33-26-31(20-23-9-5-2-6-10-23)25(24-11-13-27-14-12-24)28-32(26)21-30-17-15-29(16-18-30)19-22-7-3-1-4-8-22/h1-14H,15-21H2. The molecule has 0 saturated carbocycles. The van der Waals surface area contributed by atoms with Gasteiger partial charge < -0.3 is 0 Å². The van der Waals surface area contributed by atoms with Gasteiger partial charge >= 0.3 is 0 Å². The van der Waals surface area contributed by atoms with Crippen LogP contribution in [0.25, 0.3) is 11.4 Å². The van der Waals surface area contributed by atoms with Crippen molar-refractivity contribution in [1.29, 1.82) is 0 Å². The van der Waals surface area contributed by atoms with Crippen molar-refractivity contribution in [3.05, 3.63) is 101 Å². The Morgan fingerprint density at radius 2 is 1.27 bits per heavy atom. The number of benzene rings is 2. The summed E-state index contributed by atoms with van der Waals surface area (Å²) in [6.07, 6.45) is 3.60. The lowest BCUT2D eigenvalue weighted by molar-refractivity contribution is 0.0981. The molecular formula is C26H28N6S. The van der Waals surface area contributed by atoms with Crippen LogP contribution in [0.1, 0.15) is 11.1 Å². The Balaban J connectivity index is 1.32. The zero-order valence-corrected chi connectivity index (χ0v) is 19.4. The Bertz CT molecular complexity index is 1210. The molecule has 1 fully saturated rings. The molecule has 4 aromatic rings. The molecule has 0 aliphatic carbocycles. The quantitative estimate of drug-likeness (QED) is 0.388. The van der Waals surface area contributed by atoms with Crippen molar-refractivity contribution in [2.75, 3.05) is 26.2 Å². The minimum Gasteiger partial charge on any atom is -0.297 e. The Morgan fingerprint density at radius 3 is 1.91 bits per heavy atom. The lowest BCUT2D eigenvalue weighted by Crippen LogP contribution is -2.46. The molecule has 1 aliphatic rings. The van der Waals surface area contributed by atoms with Crippen LogP contribution < -0.4 is 0 Å². The second-order valence-corrected chi connectivity index (χ2v) is 8.80. The van der Waals surface area contributed by atoms with E-state index in [2.05, 4.69) is 73.9 Å².